The van der Waals surface area contributed by atoms with Crippen molar-refractivity contribution in [3.8, 4) is 0 Å². The average molecular weight is 244 g/mol. The summed E-state index contributed by atoms with van der Waals surface area (Å²) in [6, 6.07) is 0. The topological polar surface area (TPSA) is 43.4 Å². The maximum Gasteiger partial charge on any atom is 0.361 e. The zero-order valence-electron chi connectivity index (χ0n) is 11.5. The fourth-order valence-corrected chi connectivity index (χ4v) is 1.69. The third kappa shape index (κ3) is 3.74. The smallest absolute Gasteiger partial charge is 0.361 e. The van der Waals surface area contributed by atoms with Crippen molar-refractivity contribution in [1.29, 1.82) is 0 Å². The Bertz CT molecular complexity index is 276. The van der Waals surface area contributed by atoms with Gasteiger partial charge in [-0.05, 0) is 24.6 Å². The minimum atomic E-state index is -2.16. The highest BCUT2D eigenvalue weighted by atomic mass is 28.4. The largest absolute Gasteiger partial charge is 0.514 e. The first-order valence-corrected chi connectivity index (χ1v) is 8.71. The molecular formula is C12H24O3Si. The molecule has 0 rings (SSSR count). The predicted molar refractivity (Wildman–Crippen MR) is 67.8 cm³/mol. The van der Waals surface area contributed by atoms with E-state index in [1.165, 1.54) is 0 Å². The Hall–Kier alpha value is -0.643. The average Bonchev–Trinajstić information content (AvgIpc) is 2.12. The van der Waals surface area contributed by atoms with Crippen molar-refractivity contribution in [2.45, 2.75) is 59.2 Å². The van der Waals surface area contributed by atoms with Crippen molar-refractivity contribution in [1.82, 2.24) is 0 Å². The number of ketones is 1. The second-order valence-corrected chi connectivity index (χ2v) is 10.5. The summed E-state index contributed by atoms with van der Waals surface area (Å²) in [5.74, 6) is -1.29. The predicted octanol–water partition coefficient (Wildman–Crippen LogP) is 3.15. The Balaban J connectivity index is 4.64. The zero-order valence-corrected chi connectivity index (χ0v) is 12.5. The van der Waals surface area contributed by atoms with Gasteiger partial charge in [-0.3, -0.25) is 4.79 Å². The maximum absolute atomic E-state index is 11.7. The molecule has 1 unspecified atom stereocenters. The van der Waals surface area contributed by atoms with Gasteiger partial charge in [0.25, 0.3) is 8.32 Å². The molecule has 0 spiro atoms. The van der Waals surface area contributed by atoms with Crippen LogP contribution in [0.15, 0.2) is 0 Å². The van der Waals surface area contributed by atoms with Gasteiger partial charge in [0.05, 0.1) is 0 Å². The van der Waals surface area contributed by atoms with Crippen LogP contribution in [-0.2, 0) is 14.0 Å². The summed E-state index contributed by atoms with van der Waals surface area (Å²) in [5, 5.41) is -0.0572. The lowest BCUT2D eigenvalue weighted by atomic mass is 10.0. The van der Waals surface area contributed by atoms with Gasteiger partial charge < -0.3 is 4.43 Å². The lowest BCUT2D eigenvalue weighted by Gasteiger charge is -2.35. The van der Waals surface area contributed by atoms with Crippen LogP contribution in [0.5, 0.6) is 0 Å². The summed E-state index contributed by atoms with van der Waals surface area (Å²) in [4.78, 5) is 23.3. The first-order valence-electron chi connectivity index (χ1n) is 5.80. The van der Waals surface area contributed by atoms with Crippen LogP contribution in [0.3, 0.4) is 0 Å². The molecule has 0 amide bonds. The molecule has 0 aromatic heterocycles. The zero-order chi connectivity index (χ0) is 13.1. The normalized spacial score (nSPS) is 14.4. The third-order valence-corrected chi connectivity index (χ3v) is 7.72. The molecule has 0 aromatic carbocycles. The van der Waals surface area contributed by atoms with Crippen molar-refractivity contribution in [3.63, 3.8) is 0 Å². The van der Waals surface area contributed by atoms with Crippen molar-refractivity contribution >= 4 is 20.1 Å². The van der Waals surface area contributed by atoms with Gasteiger partial charge in [0, 0.05) is 5.92 Å². The van der Waals surface area contributed by atoms with E-state index in [4.69, 9.17) is 4.43 Å². The molecule has 0 heterocycles. The summed E-state index contributed by atoms with van der Waals surface area (Å²) in [6.07, 6.45) is 0.672. The Labute approximate surface area is 99.7 Å². The van der Waals surface area contributed by atoms with Crippen LogP contribution in [0.4, 0.5) is 0 Å². The standard InChI is InChI=1S/C12H24O3Si/c1-8-9(2)10(13)11(14)15-16(6,7)12(3,4)5/h9H,8H2,1-7H3. The van der Waals surface area contributed by atoms with Crippen molar-refractivity contribution in [2.24, 2.45) is 5.92 Å². The number of hydrogen-bond acceptors (Lipinski definition) is 3. The van der Waals surface area contributed by atoms with E-state index in [9.17, 15) is 9.59 Å². The van der Waals surface area contributed by atoms with Gasteiger partial charge in [0.1, 0.15) is 0 Å². The number of rotatable bonds is 4. The highest BCUT2D eigenvalue weighted by molar-refractivity contribution is 6.76. The van der Waals surface area contributed by atoms with Crippen molar-refractivity contribution in [3.05, 3.63) is 0 Å². The Morgan fingerprint density at radius 1 is 1.25 bits per heavy atom. The molecule has 4 heteroatoms. The van der Waals surface area contributed by atoms with Gasteiger partial charge in [-0.25, -0.2) is 4.79 Å². The van der Waals surface area contributed by atoms with Crippen LogP contribution in [0, 0.1) is 5.92 Å². The van der Waals surface area contributed by atoms with Gasteiger partial charge in [-0.1, -0.05) is 34.6 Å². The number of Topliss-reactive ketones (excluding diaryl/α,β-unsaturated/α-hetero) is 1. The quantitative estimate of drug-likeness (QED) is 0.563. The molecule has 0 N–H and O–H groups in total. The van der Waals surface area contributed by atoms with Gasteiger partial charge in [-0.15, -0.1) is 0 Å². The molecule has 94 valence electrons. The fourth-order valence-electron chi connectivity index (χ4n) is 0.822. The van der Waals surface area contributed by atoms with E-state index >= 15 is 0 Å². The van der Waals surface area contributed by atoms with E-state index in [0.717, 1.165) is 0 Å². The second kappa shape index (κ2) is 5.12. The SMILES string of the molecule is CCC(C)C(=O)C(=O)O[Si](C)(C)C(C)(C)C. The molecule has 0 aliphatic heterocycles. The minimum Gasteiger partial charge on any atom is -0.514 e. The Morgan fingerprint density at radius 2 is 1.69 bits per heavy atom. The van der Waals surface area contributed by atoms with E-state index in [2.05, 4.69) is 0 Å². The number of carbonyl (C=O) groups is 2. The lowest BCUT2D eigenvalue weighted by molar-refractivity contribution is -0.149. The molecule has 0 aliphatic rings. The van der Waals surface area contributed by atoms with E-state index in [1.807, 2.05) is 40.8 Å². The van der Waals surface area contributed by atoms with Crippen LogP contribution in [0.2, 0.25) is 18.1 Å². The van der Waals surface area contributed by atoms with Crippen LogP contribution in [-0.4, -0.2) is 20.1 Å². The molecule has 3 nitrogen and oxygen atoms in total. The fraction of sp³-hybridized carbons (Fsp3) is 0.833. The van der Waals surface area contributed by atoms with Gasteiger partial charge in [-0.2, -0.15) is 0 Å². The molecule has 16 heavy (non-hydrogen) atoms. The van der Waals surface area contributed by atoms with Gasteiger partial charge in [0.2, 0.25) is 5.78 Å². The van der Waals surface area contributed by atoms with Crippen LogP contribution >= 0.6 is 0 Å². The Morgan fingerprint density at radius 3 is 2.00 bits per heavy atom. The molecule has 0 aromatic rings. The van der Waals surface area contributed by atoms with E-state index < -0.39 is 20.1 Å². The van der Waals surface area contributed by atoms with E-state index in [0.29, 0.717) is 6.42 Å². The number of hydrogen-bond donors (Lipinski definition) is 0. The highest BCUT2D eigenvalue weighted by Gasteiger charge is 2.41. The molecule has 0 fully saturated rings. The van der Waals surface area contributed by atoms with Crippen LogP contribution in [0.1, 0.15) is 41.0 Å². The van der Waals surface area contributed by atoms with Crippen molar-refractivity contribution < 1.29 is 14.0 Å². The molecular weight excluding hydrogens is 220 g/mol. The molecule has 0 aliphatic carbocycles. The summed E-state index contributed by atoms with van der Waals surface area (Å²) in [7, 11) is -2.16. The van der Waals surface area contributed by atoms with Gasteiger partial charge >= 0.3 is 5.97 Å². The number of carbonyl (C=O) groups excluding carboxylic acids is 2. The molecule has 0 saturated carbocycles. The monoisotopic (exact) mass is 244 g/mol. The molecule has 0 bridgehead atoms. The second-order valence-electron chi connectivity index (χ2n) is 5.82. The maximum atomic E-state index is 11.7. The van der Waals surface area contributed by atoms with Crippen molar-refractivity contribution in [2.75, 3.05) is 0 Å². The third-order valence-electron chi connectivity index (χ3n) is 3.42. The first-order chi connectivity index (χ1) is 7.03. The van der Waals surface area contributed by atoms with Crippen LogP contribution in [0.25, 0.3) is 0 Å². The van der Waals surface area contributed by atoms with Gasteiger partial charge in [0.15, 0.2) is 0 Å². The Kier molecular flexibility index (Phi) is 4.92. The first kappa shape index (κ1) is 15.4. The van der Waals surface area contributed by atoms with Crippen LogP contribution < -0.4 is 0 Å². The lowest BCUT2D eigenvalue weighted by Crippen LogP contribution is -2.44. The highest BCUT2D eigenvalue weighted by Crippen LogP contribution is 2.36. The summed E-state index contributed by atoms with van der Waals surface area (Å²) >= 11 is 0. The molecule has 0 radical (unpaired) electrons. The summed E-state index contributed by atoms with van der Waals surface area (Å²) < 4.78 is 5.44. The summed E-state index contributed by atoms with van der Waals surface area (Å²) in [6.45, 7) is 13.7. The minimum absolute atomic E-state index is 0.0572. The molecule has 0 saturated heterocycles. The molecule has 1 atom stereocenters. The van der Waals surface area contributed by atoms with E-state index in [-0.39, 0.29) is 11.0 Å². The summed E-state index contributed by atoms with van der Waals surface area (Å²) in [5.41, 5.74) is 0. The van der Waals surface area contributed by atoms with E-state index in [1.54, 1.807) is 6.92 Å².